The maximum absolute atomic E-state index is 12.0. The predicted molar refractivity (Wildman–Crippen MR) is 94.4 cm³/mol. The molecule has 0 N–H and O–H groups in total. The third kappa shape index (κ3) is 5.80. The molecule has 0 unspecified atom stereocenters. The average molecular weight is 340 g/mol. The second-order valence-corrected chi connectivity index (χ2v) is 5.23. The van der Waals surface area contributed by atoms with Crippen molar-refractivity contribution in [3.05, 3.63) is 65.7 Å². The Balaban J connectivity index is 1.99. The van der Waals surface area contributed by atoms with Gasteiger partial charge in [-0.2, -0.15) is 0 Å². The molecule has 0 bridgehead atoms. The van der Waals surface area contributed by atoms with Gasteiger partial charge < -0.3 is 14.2 Å². The Labute approximate surface area is 146 Å². The Morgan fingerprint density at radius 1 is 1.00 bits per heavy atom. The SMILES string of the molecule is COC(=O)/C=C/c1ccc(OC(=O)CCc2ccccc2)c(OC)c1. The minimum atomic E-state index is -0.449. The third-order valence-electron chi connectivity index (χ3n) is 3.49. The van der Waals surface area contributed by atoms with E-state index in [1.54, 1.807) is 24.3 Å². The van der Waals surface area contributed by atoms with E-state index >= 15 is 0 Å². The molecule has 2 rings (SSSR count). The van der Waals surface area contributed by atoms with Crippen molar-refractivity contribution in [2.24, 2.45) is 0 Å². The van der Waals surface area contributed by atoms with Crippen LogP contribution in [0.15, 0.2) is 54.6 Å². The number of carbonyl (C=O) groups is 2. The first-order valence-electron chi connectivity index (χ1n) is 7.81. The zero-order valence-corrected chi connectivity index (χ0v) is 14.2. The third-order valence-corrected chi connectivity index (χ3v) is 3.49. The second kappa shape index (κ2) is 9.27. The molecule has 0 atom stereocenters. The van der Waals surface area contributed by atoms with Crippen LogP contribution in [0.2, 0.25) is 0 Å². The van der Waals surface area contributed by atoms with Crippen LogP contribution in [0.4, 0.5) is 0 Å². The van der Waals surface area contributed by atoms with Crippen molar-refractivity contribution >= 4 is 18.0 Å². The van der Waals surface area contributed by atoms with Gasteiger partial charge in [0.05, 0.1) is 14.2 Å². The Bertz CT molecular complexity index is 750. The molecule has 2 aromatic rings. The van der Waals surface area contributed by atoms with Gasteiger partial charge in [-0.05, 0) is 35.8 Å². The molecule has 0 spiro atoms. The highest BCUT2D eigenvalue weighted by atomic mass is 16.6. The Hall–Kier alpha value is -3.08. The highest BCUT2D eigenvalue weighted by molar-refractivity contribution is 5.87. The van der Waals surface area contributed by atoms with E-state index in [4.69, 9.17) is 9.47 Å². The fraction of sp³-hybridized carbons (Fsp3) is 0.200. The fourth-order valence-electron chi connectivity index (χ4n) is 2.17. The molecular weight excluding hydrogens is 320 g/mol. The number of rotatable bonds is 7. The molecule has 0 amide bonds. The molecule has 0 saturated carbocycles. The number of hydrogen-bond donors (Lipinski definition) is 0. The van der Waals surface area contributed by atoms with Crippen molar-refractivity contribution in [1.82, 2.24) is 0 Å². The number of ether oxygens (including phenoxy) is 3. The topological polar surface area (TPSA) is 61.8 Å². The van der Waals surface area contributed by atoms with Crippen LogP contribution in [-0.2, 0) is 20.7 Å². The normalized spacial score (nSPS) is 10.5. The molecule has 0 aliphatic heterocycles. The summed E-state index contributed by atoms with van der Waals surface area (Å²) in [5, 5.41) is 0. The molecule has 25 heavy (non-hydrogen) atoms. The molecule has 0 aliphatic carbocycles. The van der Waals surface area contributed by atoms with Gasteiger partial charge in [-0.1, -0.05) is 36.4 Å². The lowest BCUT2D eigenvalue weighted by atomic mass is 10.1. The van der Waals surface area contributed by atoms with E-state index in [0.29, 0.717) is 17.9 Å². The number of benzene rings is 2. The van der Waals surface area contributed by atoms with E-state index in [2.05, 4.69) is 4.74 Å². The fourth-order valence-corrected chi connectivity index (χ4v) is 2.17. The van der Waals surface area contributed by atoms with E-state index in [0.717, 1.165) is 11.1 Å². The Morgan fingerprint density at radius 3 is 2.44 bits per heavy atom. The molecule has 0 radical (unpaired) electrons. The summed E-state index contributed by atoms with van der Waals surface area (Å²) in [5.41, 5.74) is 1.81. The summed E-state index contributed by atoms with van der Waals surface area (Å²) in [5.74, 6) is -0.0220. The summed E-state index contributed by atoms with van der Waals surface area (Å²) in [6, 6.07) is 14.8. The van der Waals surface area contributed by atoms with Crippen molar-refractivity contribution in [3.63, 3.8) is 0 Å². The molecule has 5 heteroatoms. The maximum atomic E-state index is 12.0. The zero-order chi connectivity index (χ0) is 18.1. The predicted octanol–water partition coefficient (Wildman–Crippen LogP) is 3.42. The van der Waals surface area contributed by atoms with Crippen molar-refractivity contribution in [1.29, 1.82) is 0 Å². The van der Waals surface area contributed by atoms with E-state index in [-0.39, 0.29) is 12.4 Å². The summed E-state index contributed by atoms with van der Waals surface area (Å²) in [6.45, 7) is 0. The Morgan fingerprint density at radius 2 is 1.76 bits per heavy atom. The van der Waals surface area contributed by atoms with E-state index in [1.165, 1.54) is 20.3 Å². The van der Waals surface area contributed by atoms with E-state index < -0.39 is 5.97 Å². The lowest BCUT2D eigenvalue weighted by Crippen LogP contribution is -2.09. The van der Waals surface area contributed by atoms with Crippen molar-refractivity contribution in [2.45, 2.75) is 12.8 Å². The van der Waals surface area contributed by atoms with E-state index in [1.807, 2.05) is 30.3 Å². The first-order chi connectivity index (χ1) is 12.1. The van der Waals surface area contributed by atoms with Crippen molar-refractivity contribution in [2.75, 3.05) is 14.2 Å². The van der Waals surface area contributed by atoms with Crippen LogP contribution in [0.3, 0.4) is 0 Å². The lowest BCUT2D eigenvalue weighted by molar-refractivity contribution is -0.135. The minimum absolute atomic E-state index is 0.275. The van der Waals surface area contributed by atoms with Gasteiger partial charge in [-0.25, -0.2) is 4.79 Å². The summed E-state index contributed by atoms with van der Waals surface area (Å²) in [4.78, 5) is 23.2. The first-order valence-corrected chi connectivity index (χ1v) is 7.81. The number of hydrogen-bond acceptors (Lipinski definition) is 5. The maximum Gasteiger partial charge on any atom is 0.330 e. The monoisotopic (exact) mass is 340 g/mol. The van der Waals surface area contributed by atoms with Gasteiger partial charge in [0, 0.05) is 12.5 Å². The number of aryl methyl sites for hydroxylation is 1. The van der Waals surface area contributed by atoms with Gasteiger partial charge in [0.2, 0.25) is 0 Å². The van der Waals surface area contributed by atoms with Crippen LogP contribution in [0.1, 0.15) is 17.5 Å². The quantitative estimate of drug-likeness (QED) is 0.439. The standard InChI is InChI=1S/C20H20O5/c1-23-18-14-16(10-12-19(21)24-2)8-11-17(18)25-20(22)13-9-15-6-4-3-5-7-15/h3-8,10-12,14H,9,13H2,1-2H3/b12-10+. The zero-order valence-electron chi connectivity index (χ0n) is 14.2. The van der Waals surface area contributed by atoms with Gasteiger partial charge in [0.15, 0.2) is 11.5 Å². The lowest BCUT2D eigenvalue weighted by Gasteiger charge is -2.10. The second-order valence-electron chi connectivity index (χ2n) is 5.23. The number of esters is 2. The van der Waals surface area contributed by atoms with Crippen LogP contribution in [0.5, 0.6) is 11.5 Å². The van der Waals surface area contributed by atoms with Gasteiger partial charge in [-0.15, -0.1) is 0 Å². The molecule has 0 saturated heterocycles. The highest BCUT2D eigenvalue weighted by Crippen LogP contribution is 2.29. The summed E-state index contributed by atoms with van der Waals surface area (Å²) >= 11 is 0. The molecule has 2 aromatic carbocycles. The minimum Gasteiger partial charge on any atom is -0.493 e. The van der Waals surface area contributed by atoms with Gasteiger partial charge in [-0.3, -0.25) is 4.79 Å². The molecule has 5 nitrogen and oxygen atoms in total. The first kappa shape index (κ1) is 18.3. The molecule has 0 fully saturated rings. The van der Waals surface area contributed by atoms with Crippen LogP contribution in [-0.4, -0.2) is 26.2 Å². The van der Waals surface area contributed by atoms with E-state index in [9.17, 15) is 9.59 Å². The van der Waals surface area contributed by atoms with Crippen molar-refractivity contribution < 1.29 is 23.8 Å². The summed E-state index contributed by atoms with van der Waals surface area (Å²) < 4.78 is 15.2. The molecule has 0 aliphatic rings. The van der Waals surface area contributed by atoms with Gasteiger partial charge >= 0.3 is 11.9 Å². The van der Waals surface area contributed by atoms with Gasteiger partial charge in [0.25, 0.3) is 0 Å². The van der Waals surface area contributed by atoms with Crippen LogP contribution in [0.25, 0.3) is 6.08 Å². The molecular formula is C20H20O5. The molecule has 130 valence electrons. The highest BCUT2D eigenvalue weighted by Gasteiger charge is 2.11. The van der Waals surface area contributed by atoms with Crippen LogP contribution in [0, 0.1) is 0 Å². The molecule has 0 aromatic heterocycles. The number of carbonyl (C=O) groups excluding carboxylic acids is 2. The van der Waals surface area contributed by atoms with Gasteiger partial charge in [0.1, 0.15) is 0 Å². The molecule has 0 heterocycles. The Kier molecular flexibility index (Phi) is 6.77. The van der Waals surface area contributed by atoms with Crippen LogP contribution >= 0.6 is 0 Å². The largest absolute Gasteiger partial charge is 0.493 e. The van der Waals surface area contributed by atoms with Crippen molar-refractivity contribution in [3.8, 4) is 11.5 Å². The van der Waals surface area contributed by atoms with Crippen LogP contribution < -0.4 is 9.47 Å². The summed E-state index contributed by atoms with van der Waals surface area (Å²) in [7, 11) is 2.80. The smallest absolute Gasteiger partial charge is 0.330 e. The average Bonchev–Trinajstić information content (AvgIpc) is 2.66. The number of methoxy groups -OCH3 is 2. The summed E-state index contributed by atoms with van der Waals surface area (Å²) in [6.07, 6.45) is 3.79.